The molecule has 2 rings (SSSR count). The van der Waals surface area contributed by atoms with Crippen LogP contribution in [0.1, 0.15) is 11.5 Å². The molecule has 2 aromatic rings. The molecule has 0 bridgehead atoms. The van der Waals surface area contributed by atoms with Crippen molar-refractivity contribution in [2.45, 2.75) is 17.9 Å². The van der Waals surface area contributed by atoms with Gasteiger partial charge in [0.1, 0.15) is 12.1 Å². The van der Waals surface area contributed by atoms with Gasteiger partial charge >= 0.3 is 11.9 Å². The van der Waals surface area contributed by atoms with Crippen molar-refractivity contribution in [2.24, 2.45) is 0 Å². The largest absolute Gasteiger partial charge is 0.455 e. The summed E-state index contributed by atoms with van der Waals surface area (Å²) in [7, 11) is 0. The number of alkyl halides is 3. The van der Waals surface area contributed by atoms with Crippen molar-refractivity contribution in [3.05, 3.63) is 40.5 Å². The smallest absolute Gasteiger partial charge is 0.449 e. The van der Waals surface area contributed by atoms with E-state index in [0.29, 0.717) is 5.16 Å². The number of thioether (sulfide) groups is 1. The van der Waals surface area contributed by atoms with Gasteiger partial charge in [-0.05, 0) is 18.4 Å². The van der Waals surface area contributed by atoms with Gasteiger partial charge in [-0.25, -0.2) is 9.78 Å². The Morgan fingerprint density at radius 2 is 2.16 bits per heavy atom. The molecule has 2 heterocycles. The third-order valence-corrected chi connectivity index (χ3v) is 2.76. The molecule has 9 heteroatoms. The molecule has 0 saturated carbocycles. The van der Waals surface area contributed by atoms with Crippen LogP contribution < -0.4 is 5.69 Å². The highest BCUT2D eigenvalue weighted by Crippen LogP contribution is 2.30. The molecule has 0 saturated heterocycles. The Hall–Kier alpha value is -1.77. The van der Waals surface area contributed by atoms with Crippen LogP contribution in [0.3, 0.4) is 0 Å². The Morgan fingerprint density at radius 3 is 2.68 bits per heavy atom. The lowest BCUT2D eigenvalue weighted by Crippen LogP contribution is -2.24. The van der Waals surface area contributed by atoms with Crippen LogP contribution >= 0.6 is 11.8 Å². The van der Waals surface area contributed by atoms with Crippen molar-refractivity contribution in [1.29, 1.82) is 0 Å². The lowest BCUT2D eigenvalue weighted by molar-refractivity contribution is -0.153. The van der Waals surface area contributed by atoms with Gasteiger partial charge in [-0.1, -0.05) is 11.8 Å². The number of nitrogens with zero attached hydrogens (tertiary/aromatic N) is 3. The molecule has 102 valence electrons. The molecule has 0 aromatic carbocycles. The normalized spacial score (nSPS) is 11.8. The van der Waals surface area contributed by atoms with Crippen LogP contribution in [0.15, 0.2) is 32.8 Å². The zero-order valence-electron chi connectivity index (χ0n) is 9.64. The van der Waals surface area contributed by atoms with Gasteiger partial charge < -0.3 is 4.42 Å². The van der Waals surface area contributed by atoms with Gasteiger partial charge in [-0.15, -0.1) is 0 Å². The second kappa shape index (κ2) is 5.08. The molecule has 0 fully saturated rings. The molecular formula is C10H8F3N3O2S. The summed E-state index contributed by atoms with van der Waals surface area (Å²) in [6.07, 6.45) is -1.61. The van der Waals surface area contributed by atoms with Crippen molar-refractivity contribution in [1.82, 2.24) is 14.5 Å². The fourth-order valence-corrected chi connectivity index (χ4v) is 1.66. The number of hydrogen-bond acceptors (Lipinski definition) is 5. The van der Waals surface area contributed by atoms with E-state index < -0.39 is 17.6 Å². The molecule has 0 aliphatic carbocycles. The Labute approximate surface area is 109 Å². The number of furan rings is 1. The Morgan fingerprint density at radius 1 is 1.42 bits per heavy atom. The molecule has 0 atom stereocenters. The van der Waals surface area contributed by atoms with Gasteiger partial charge in [-0.3, -0.25) is 4.57 Å². The molecule has 0 unspecified atom stereocenters. The lowest BCUT2D eigenvalue weighted by Gasteiger charge is -2.03. The maximum Gasteiger partial charge on any atom is 0.449 e. The van der Waals surface area contributed by atoms with Crippen LogP contribution in [0.4, 0.5) is 13.2 Å². The lowest BCUT2D eigenvalue weighted by atomic mass is 10.4. The van der Waals surface area contributed by atoms with E-state index in [1.807, 2.05) is 0 Å². The van der Waals surface area contributed by atoms with E-state index in [1.165, 1.54) is 18.1 Å². The summed E-state index contributed by atoms with van der Waals surface area (Å²) in [5.41, 5.74) is -0.593. The zero-order valence-corrected chi connectivity index (χ0v) is 10.5. The first-order valence-electron chi connectivity index (χ1n) is 5.03. The van der Waals surface area contributed by atoms with Crippen LogP contribution in [-0.4, -0.2) is 20.8 Å². The SMILES string of the molecule is CSc1ncn(Cc2ccc(C(F)(F)F)o2)c(=O)n1. The van der Waals surface area contributed by atoms with Gasteiger partial charge in [0.25, 0.3) is 0 Å². The number of rotatable bonds is 3. The van der Waals surface area contributed by atoms with E-state index in [1.54, 1.807) is 6.26 Å². The summed E-state index contributed by atoms with van der Waals surface area (Å²) >= 11 is 1.20. The Balaban J connectivity index is 2.22. The number of hydrogen-bond donors (Lipinski definition) is 0. The van der Waals surface area contributed by atoms with Gasteiger partial charge in [0.05, 0.1) is 6.54 Å². The Bertz CT molecular complexity index is 635. The van der Waals surface area contributed by atoms with Gasteiger partial charge in [-0.2, -0.15) is 18.2 Å². The molecule has 0 N–H and O–H groups in total. The van der Waals surface area contributed by atoms with Crippen molar-refractivity contribution in [3.8, 4) is 0 Å². The highest BCUT2D eigenvalue weighted by atomic mass is 32.2. The Kier molecular flexibility index (Phi) is 3.65. The number of halogens is 3. The third kappa shape index (κ3) is 3.16. The van der Waals surface area contributed by atoms with Crippen LogP contribution in [0.2, 0.25) is 0 Å². The molecule has 0 aliphatic rings. The summed E-state index contributed by atoms with van der Waals surface area (Å²) in [5.74, 6) is -1.09. The number of aromatic nitrogens is 3. The second-order valence-corrected chi connectivity index (χ2v) is 4.29. The first-order valence-corrected chi connectivity index (χ1v) is 6.26. The minimum Gasteiger partial charge on any atom is -0.455 e. The van der Waals surface area contributed by atoms with Crippen molar-refractivity contribution in [3.63, 3.8) is 0 Å². The van der Waals surface area contributed by atoms with Crippen LogP contribution in [-0.2, 0) is 12.7 Å². The average Bonchev–Trinajstić information content (AvgIpc) is 2.80. The fraction of sp³-hybridized carbons (Fsp3) is 0.300. The van der Waals surface area contributed by atoms with Gasteiger partial charge in [0.15, 0.2) is 5.16 Å². The topological polar surface area (TPSA) is 60.9 Å². The van der Waals surface area contributed by atoms with E-state index in [-0.39, 0.29) is 12.3 Å². The molecule has 5 nitrogen and oxygen atoms in total. The molecule has 0 aliphatic heterocycles. The monoisotopic (exact) mass is 291 g/mol. The third-order valence-electron chi connectivity index (χ3n) is 2.19. The van der Waals surface area contributed by atoms with Crippen molar-refractivity contribution < 1.29 is 17.6 Å². The van der Waals surface area contributed by atoms with E-state index in [4.69, 9.17) is 0 Å². The molecule has 0 radical (unpaired) electrons. The first-order chi connectivity index (χ1) is 8.90. The summed E-state index contributed by atoms with van der Waals surface area (Å²) < 4.78 is 42.7. The van der Waals surface area contributed by atoms with E-state index in [0.717, 1.165) is 16.7 Å². The summed E-state index contributed by atoms with van der Waals surface area (Å²) in [6, 6.07) is 1.98. The minimum atomic E-state index is -4.54. The zero-order chi connectivity index (χ0) is 14.0. The standard InChI is InChI=1S/C10H8F3N3O2S/c1-19-8-14-5-16(9(17)15-8)4-6-2-3-7(18-6)10(11,12)13/h2-3,5H,4H2,1H3. The highest BCUT2D eigenvalue weighted by molar-refractivity contribution is 7.98. The molecule has 2 aromatic heterocycles. The predicted octanol–water partition coefficient (Wildman–Crippen LogP) is 2.02. The average molecular weight is 291 g/mol. The quantitative estimate of drug-likeness (QED) is 0.810. The predicted molar refractivity (Wildman–Crippen MR) is 60.9 cm³/mol. The van der Waals surface area contributed by atoms with E-state index in [9.17, 15) is 18.0 Å². The van der Waals surface area contributed by atoms with E-state index >= 15 is 0 Å². The molecular weight excluding hydrogens is 283 g/mol. The van der Waals surface area contributed by atoms with Crippen LogP contribution in [0.5, 0.6) is 0 Å². The van der Waals surface area contributed by atoms with Gasteiger partial charge in [0, 0.05) is 0 Å². The maximum absolute atomic E-state index is 12.3. The van der Waals surface area contributed by atoms with Crippen LogP contribution in [0, 0.1) is 0 Å². The minimum absolute atomic E-state index is 0.00919. The second-order valence-electron chi connectivity index (χ2n) is 3.52. The summed E-state index contributed by atoms with van der Waals surface area (Å²) in [5, 5.41) is 0.302. The maximum atomic E-state index is 12.3. The van der Waals surface area contributed by atoms with Crippen molar-refractivity contribution >= 4 is 11.8 Å². The van der Waals surface area contributed by atoms with Crippen molar-refractivity contribution in [2.75, 3.05) is 6.26 Å². The van der Waals surface area contributed by atoms with Crippen LogP contribution in [0.25, 0.3) is 0 Å². The molecule has 19 heavy (non-hydrogen) atoms. The first kappa shape index (κ1) is 13.7. The summed E-state index contributed by atoms with van der Waals surface area (Å²) in [6.45, 7) is -0.149. The van der Waals surface area contributed by atoms with E-state index in [2.05, 4.69) is 14.4 Å². The molecule has 0 spiro atoms. The fourth-order valence-electron chi connectivity index (χ4n) is 1.33. The highest BCUT2D eigenvalue weighted by Gasteiger charge is 2.34. The van der Waals surface area contributed by atoms with Gasteiger partial charge in [0.2, 0.25) is 5.76 Å². The summed E-state index contributed by atoms with van der Waals surface area (Å²) in [4.78, 5) is 19.0. The molecule has 0 amide bonds.